The van der Waals surface area contributed by atoms with Crippen molar-refractivity contribution in [2.45, 2.75) is 25.7 Å². The van der Waals surface area contributed by atoms with Crippen LogP contribution in [0, 0.1) is 16.7 Å². The fourth-order valence-electron chi connectivity index (χ4n) is 4.34. The highest BCUT2D eigenvalue weighted by atomic mass is 16.7. The Bertz CT molecular complexity index is 924. The van der Waals surface area contributed by atoms with Gasteiger partial charge in [0.25, 0.3) is 0 Å². The largest absolute Gasteiger partial charge is 0.493 e. The molecular weight excluding hydrogens is 378 g/mol. The van der Waals surface area contributed by atoms with Crippen LogP contribution < -0.4 is 15.0 Å². The number of ether oxygens (including phenoxy) is 3. The second kappa shape index (κ2) is 8.27. The van der Waals surface area contributed by atoms with Crippen LogP contribution in [0.15, 0.2) is 42.5 Å². The fraction of sp³-hybridized carbons (Fsp3) is 0.458. The first kappa shape index (κ1) is 19.4. The molecule has 1 spiro atoms. The first-order chi connectivity index (χ1) is 14.7. The van der Waals surface area contributed by atoms with E-state index in [0.29, 0.717) is 5.56 Å². The van der Waals surface area contributed by atoms with Crippen molar-refractivity contribution in [3.8, 4) is 11.8 Å². The number of fused-ring (bicyclic) bond motifs is 1. The van der Waals surface area contributed by atoms with Crippen molar-refractivity contribution >= 4 is 5.69 Å². The molecule has 0 bridgehead atoms. The van der Waals surface area contributed by atoms with E-state index in [2.05, 4.69) is 34.5 Å². The van der Waals surface area contributed by atoms with Crippen molar-refractivity contribution in [1.29, 1.82) is 5.26 Å². The maximum absolute atomic E-state index is 9.12. The van der Waals surface area contributed by atoms with Crippen LogP contribution in [0.3, 0.4) is 0 Å². The molecule has 3 aliphatic rings. The van der Waals surface area contributed by atoms with Crippen LogP contribution in [0.2, 0.25) is 0 Å². The lowest BCUT2D eigenvalue weighted by molar-refractivity contribution is -0.239. The third-order valence-electron chi connectivity index (χ3n) is 6.27. The molecule has 0 amide bonds. The number of hydrogen-bond donors (Lipinski definition) is 1. The summed E-state index contributed by atoms with van der Waals surface area (Å²) in [6, 6.07) is 16.5. The number of hydrogen-bond acceptors (Lipinski definition) is 6. The number of nitrogens with zero attached hydrogens (tertiary/aromatic N) is 2. The minimum atomic E-state index is -0.162. The van der Waals surface area contributed by atoms with Crippen molar-refractivity contribution in [1.82, 2.24) is 5.32 Å². The van der Waals surface area contributed by atoms with E-state index in [4.69, 9.17) is 19.5 Å². The van der Waals surface area contributed by atoms with E-state index in [-0.39, 0.29) is 11.7 Å². The van der Waals surface area contributed by atoms with Gasteiger partial charge in [-0.05, 0) is 41.5 Å². The molecule has 1 N–H and O–H groups in total. The minimum absolute atomic E-state index is 0.162. The summed E-state index contributed by atoms with van der Waals surface area (Å²) >= 11 is 0. The van der Waals surface area contributed by atoms with E-state index < -0.39 is 0 Å². The molecule has 0 unspecified atom stereocenters. The molecule has 0 aliphatic carbocycles. The normalized spacial score (nSPS) is 19.6. The van der Waals surface area contributed by atoms with Gasteiger partial charge < -0.3 is 24.4 Å². The molecule has 0 radical (unpaired) electrons. The van der Waals surface area contributed by atoms with E-state index >= 15 is 0 Å². The van der Waals surface area contributed by atoms with Gasteiger partial charge >= 0.3 is 0 Å². The highest BCUT2D eigenvalue weighted by Crippen LogP contribution is 2.30. The van der Waals surface area contributed by atoms with Gasteiger partial charge in [0.1, 0.15) is 5.75 Å². The summed E-state index contributed by atoms with van der Waals surface area (Å²) in [5.41, 5.74) is 4.50. The Labute approximate surface area is 177 Å². The molecule has 3 aliphatic heterocycles. The van der Waals surface area contributed by atoms with Gasteiger partial charge in [-0.25, -0.2) is 0 Å². The standard InChI is InChI=1S/C24H27N3O3/c25-12-18-1-4-21(5-2-18)27(13-19-3-6-22-20(11-19)8-10-28-22)9-7-23-29-16-24(17-30-23)14-26-15-24/h1-6,11,23,26H,7-10,13-17H2. The zero-order chi connectivity index (χ0) is 20.4. The lowest BCUT2D eigenvalue weighted by Gasteiger charge is -2.46. The smallest absolute Gasteiger partial charge is 0.159 e. The third-order valence-corrected chi connectivity index (χ3v) is 6.27. The number of rotatable bonds is 6. The molecule has 3 heterocycles. The number of benzene rings is 2. The summed E-state index contributed by atoms with van der Waals surface area (Å²) in [4.78, 5) is 2.33. The zero-order valence-electron chi connectivity index (χ0n) is 17.1. The molecule has 0 atom stereocenters. The quantitative estimate of drug-likeness (QED) is 0.797. The summed E-state index contributed by atoms with van der Waals surface area (Å²) in [6.45, 7) is 5.89. The van der Waals surface area contributed by atoms with Crippen LogP contribution >= 0.6 is 0 Å². The average molecular weight is 405 g/mol. The van der Waals surface area contributed by atoms with E-state index in [9.17, 15) is 0 Å². The first-order valence-corrected chi connectivity index (χ1v) is 10.7. The highest BCUT2D eigenvalue weighted by Gasteiger charge is 2.42. The topological polar surface area (TPSA) is 66.8 Å². The predicted molar refractivity (Wildman–Crippen MR) is 113 cm³/mol. The van der Waals surface area contributed by atoms with Gasteiger partial charge in [0, 0.05) is 50.1 Å². The van der Waals surface area contributed by atoms with Gasteiger partial charge in [0.2, 0.25) is 0 Å². The van der Waals surface area contributed by atoms with Gasteiger partial charge in [-0.15, -0.1) is 0 Å². The Hall–Kier alpha value is -2.59. The van der Waals surface area contributed by atoms with Gasteiger partial charge in [-0.1, -0.05) is 12.1 Å². The lowest BCUT2D eigenvalue weighted by atomic mass is 9.83. The van der Waals surface area contributed by atoms with Crippen molar-refractivity contribution in [3.63, 3.8) is 0 Å². The lowest BCUT2D eigenvalue weighted by Crippen LogP contribution is -2.61. The van der Waals surface area contributed by atoms with Crippen molar-refractivity contribution in [3.05, 3.63) is 59.2 Å². The molecule has 6 nitrogen and oxygen atoms in total. The molecule has 2 aromatic rings. The predicted octanol–water partition coefficient (Wildman–Crippen LogP) is 2.85. The number of nitriles is 1. The molecule has 30 heavy (non-hydrogen) atoms. The fourth-order valence-corrected chi connectivity index (χ4v) is 4.34. The summed E-state index contributed by atoms with van der Waals surface area (Å²) in [5, 5.41) is 12.4. The van der Waals surface area contributed by atoms with Crippen LogP contribution in [0.4, 0.5) is 5.69 Å². The molecule has 2 fully saturated rings. The van der Waals surface area contributed by atoms with Crippen LogP contribution in [-0.4, -0.2) is 45.7 Å². The van der Waals surface area contributed by atoms with E-state index in [0.717, 1.165) is 70.3 Å². The Balaban J connectivity index is 1.27. The van der Waals surface area contributed by atoms with Crippen LogP contribution in [0.5, 0.6) is 5.75 Å². The van der Waals surface area contributed by atoms with Crippen molar-refractivity contribution in [2.24, 2.45) is 5.41 Å². The third kappa shape index (κ3) is 4.01. The average Bonchev–Trinajstić information content (AvgIpc) is 3.24. The summed E-state index contributed by atoms with van der Waals surface area (Å²) in [7, 11) is 0. The maximum Gasteiger partial charge on any atom is 0.159 e. The number of nitrogens with one attached hydrogen (secondary N) is 1. The van der Waals surface area contributed by atoms with Crippen molar-refractivity contribution in [2.75, 3.05) is 44.4 Å². The zero-order valence-corrected chi connectivity index (χ0v) is 17.1. The van der Waals surface area contributed by atoms with Crippen LogP contribution in [-0.2, 0) is 22.4 Å². The Morgan fingerprint density at radius 1 is 1.10 bits per heavy atom. The van der Waals surface area contributed by atoms with E-state index in [1.165, 1.54) is 11.1 Å². The van der Waals surface area contributed by atoms with Gasteiger partial charge in [-0.3, -0.25) is 0 Å². The molecule has 0 aromatic heterocycles. The Kier molecular flexibility index (Phi) is 5.34. The van der Waals surface area contributed by atoms with Crippen molar-refractivity contribution < 1.29 is 14.2 Å². The molecule has 156 valence electrons. The molecule has 6 heteroatoms. The SMILES string of the molecule is N#Cc1ccc(N(CCC2OCC3(CNC3)CO2)Cc2ccc3c(c2)CCO3)cc1. The maximum atomic E-state index is 9.12. The van der Waals surface area contributed by atoms with Crippen LogP contribution in [0.1, 0.15) is 23.1 Å². The first-order valence-electron chi connectivity index (χ1n) is 10.7. The van der Waals surface area contributed by atoms with E-state index in [1.807, 2.05) is 24.3 Å². The molecular formula is C24H27N3O3. The summed E-state index contributed by atoms with van der Waals surface area (Å²) in [5.74, 6) is 1.01. The Morgan fingerprint density at radius 2 is 1.90 bits per heavy atom. The molecule has 2 aromatic carbocycles. The monoisotopic (exact) mass is 405 g/mol. The molecule has 2 saturated heterocycles. The van der Waals surface area contributed by atoms with Crippen LogP contribution in [0.25, 0.3) is 0 Å². The second-order valence-electron chi connectivity index (χ2n) is 8.56. The highest BCUT2D eigenvalue weighted by molar-refractivity contribution is 5.51. The summed E-state index contributed by atoms with van der Waals surface area (Å²) < 4.78 is 17.7. The molecule has 0 saturated carbocycles. The van der Waals surface area contributed by atoms with Gasteiger partial charge in [0.15, 0.2) is 6.29 Å². The summed E-state index contributed by atoms with van der Waals surface area (Å²) in [6.07, 6.45) is 1.61. The second-order valence-corrected chi connectivity index (χ2v) is 8.56. The van der Waals surface area contributed by atoms with Gasteiger partial charge in [-0.2, -0.15) is 5.26 Å². The van der Waals surface area contributed by atoms with E-state index in [1.54, 1.807) is 0 Å². The number of anilines is 1. The van der Waals surface area contributed by atoms with Gasteiger partial charge in [0.05, 0.1) is 31.5 Å². The Morgan fingerprint density at radius 3 is 2.60 bits per heavy atom. The molecule has 5 rings (SSSR count). The minimum Gasteiger partial charge on any atom is -0.493 e.